The first-order valence-corrected chi connectivity index (χ1v) is 8.06. The van der Waals surface area contributed by atoms with Crippen molar-refractivity contribution in [2.75, 3.05) is 19.6 Å². The SMILES string of the molecule is C[C@H]1CNCCN1C(=O)c1cnc(Cc2ccccc2)s1. The molecule has 3 rings (SSSR count). The van der Waals surface area contributed by atoms with E-state index >= 15 is 0 Å². The van der Waals surface area contributed by atoms with Crippen LogP contribution < -0.4 is 5.32 Å². The first-order chi connectivity index (χ1) is 10.2. The van der Waals surface area contributed by atoms with E-state index in [1.165, 1.54) is 16.9 Å². The lowest BCUT2D eigenvalue weighted by atomic mass is 10.2. The largest absolute Gasteiger partial charge is 0.333 e. The van der Waals surface area contributed by atoms with E-state index in [2.05, 4.69) is 29.4 Å². The zero-order chi connectivity index (χ0) is 14.7. The van der Waals surface area contributed by atoms with E-state index in [4.69, 9.17) is 0 Å². The van der Waals surface area contributed by atoms with E-state index in [9.17, 15) is 4.79 Å². The average Bonchev–Trinajstić information content (AvgIpc) is 2.97. The van der Waals surface area contributed by atoms with Gasteiger partial charge in [0.05, 0.1) is 11.2 Å². The summed E-state index contributed by atoms with van der Waals surface area (Å²) in [6, 6.07) is 10.5. The molecule has 0 bridgehead atoms. The number of nitrogens with zero attached hydrogens (tertiary/aromatic N) is 2. The van der Waals surface area contributed by atoms with Crippen molar-refractivity contribution in [1.29, 1.82) is 0 Å². The zero-order valence-electron chi connectivity index (χ0n) is 12.1. The Hall–Kier alpha value is -1.72. The zero-order valence-corrected chi connectivity index (χ0v) is 12.9. The van der Waals surface area contributed by atoms with Gasteiger partial charge in [-0.3, -0.25) is 4.79 Å². The first-order valence-electron chi connectivity index (χ1n) is 7.24. The molecule has 1 saturated heterocycles. The maximum absolute atomic E-state index is 12.5. The van der Waals surface area contributed by atoms with Gasteiger partial charge in [0, 0.05) is 32.1 Å². The minimum atomic E-state index is 0.112. The van der Waals surface area contributed by atoms with E-state index in [1.807, 2.05) is 23.1 Å². The third kappa shape index (κ3) is 3.31. The summed E-state index contributed by atoms with van der Waals surface area (Å²) in [4.78, 5) is 19.6. The Balaban J connectivity index is 1.71. The van der Waals surface area contributed by atoms with Crippen molar-refractivity contribution in [2.24, 2.45) is 0 Å². The molecule has 0 aliphatic carbocycles. The second kappa shape index (κ2) is 6.37. The Labute approximate surface area is 128 Å². The molecule has 4 nitrogen and oxygen atoms in total. The van der Waals surface area contributed by atoms with Crippen LogP contribution >= 0.6 is 11.3 Å². The fraction of sp³-hybridized carbons (Fsp3) is 0.375. The molecule has 1 N–H and O–H groups in total. The highest BCUT2D eigenvalue weighted by atomic mass is 32.1. The van der Waals surface area contributed by atoms with Crippen LogP contribution in [0.25, 0.3) is 0 Å². The summed E-state index contributed by atoms with van der Waals surface area (Å²) < 4.78 is 0. The number of rotatable bonds is 3. The number of amides is 1. The Morgan fingerprint density at radius 2 is 2.24 bits per heavy atom. The highest BCUT2D eigenvalue weighted by Gasteiger charge is 2.25. The normalized spacial score (nSPS) is 18.7. The lowest BCUT2D eigenvalue weighted by Crippen LogP contribution is -2.52. The van der Waals surface area contributed by atoms with Gasteiger partial charge in [-0.2, -0.15) is 0 Å². The molecule has 1 fully saturated rings. The van der Waals surface area contributed by atoms with Crippen molar-refractivity contribution >= 4 is 17.2 Å². The second-order valence-corrected chi connectivity index (χ2v) is 6.45. The Morgan fingerprint density at radius 1 is 1.43 bits per heavy atom. The molecule has 1 aromatic heterocycles. The summed E-state index contributed by atoms with van der Waals surface area (Å²) in [6.07, 6.45) is 2.51. The van der Waals surface area contributed by atoms with Crippen LogP contribution in [0.1, 0.15) is 27.2 Å². The standard InChI is InChI=1S/C16H19N3OS/c1-12-10-17-7-8-19(12)16(20)14-11-18-15(21-14)9-13-5-3-2-4-6-13/h2-6,11-12,17H,7-10H2,1H3/t12-/m0/s1. The van der Waals surface area contributed by atoms with Crippen molar-refractivity contribution in [2.45, 2.75) is 19.4 Å². The minimum Gasteiger partial charge on any atom is -0.333 e. The van der Waals surface area contributed by atoms with Crippen LogP contribution in [-0.2, 0) is 6.42 Å². The van der Waals surface area contributed by atoms with Gasteiger partial charge < -0.3 is 10.2 Å². The molecule has 5 heteroatoms. The Kier molecular flexibility index (Phi) is 4.31. The molecule has 1 amide bonds. The molecule has 1 aliphatic heterocycles. The Morgan fingerprint density at radius 3 is 3.00 bits per heavy atom. The molecule has 1 aliphatic rings. The van der Waals surface area contributed by atoms with E-state index in [0.29, 0.717) is 0 Å². The van der Waals surface area contributed by atoms with Gasteiger partial charge in [0.2, 0.25) is 0 Å². The summed E-state index contributed by atoms with van der Waals surface area (Å²) in [5.74, 6) is 0.112. The number of benzene rings is 1. The highest BCUT2D eigenvalue weighted by molar-refractivity contribution is 7.13. The highest BCUT2D eigenvalue weighted by Crippen LogP contribution is 2.20. The van der Waals surface area contributed by atoms with Gasteiger partial charge in [-0.05, 0) is 12.5 Å². The van der Waals surface area contributed by atoms with Gasteiger partial charge in [-0.25, -0.2) is 4.98 Å². The van der Waals surface area contributed by atoms with Crippen molar-refractivity contribution in [3.8, 4) is 0 Å². The summed E-state index contributed by atoms with van der Waals surface area (Å²) in [5, 5.41) is 4.30. The maximum Gasteiger partial charge on any atom is 0.265 e. The molecular formula is C16H19N3OS. The molecule has 0 radical (unpaired) electrons. The molecular weight excluding hydrogens is 282 g/mol. The van der Waals surface area contributed by atoms with Gasteiger partial charge in [0.15, 0.2) is 0 Å². The summed E-state index contributed by atoms with van der Waals surface area (Å²) in [5.41, 5.74) is 1.22. The van der Waals surface area contributed by atoms with Gasteiger partial charge in [0.25, 0.3) is 5.91 Å². The molecule has 110 valence electrons. The predicted octanol–water partition coefficient (Wildman–Crippen LogP) is 2.17. The van der Waals surface area contributed by atoms with Gasteiger partial charge in [-0.1, -0.05) is 30.3 Å². The van der Waals surface area contributed by atoms with Crippen molar-refractivity contribution in [3.05, 3.63) is 52.0 Å². The molecule has 21 heavy (non-hydrogen) atoms. The Bertz CT molecular complexity index is 611. The van der Waals surface area contributed by atoms with E-state index in [1.54, 1.807) is 6.20 Å². The van der Waals surface area contributed by atoms with Crippen molar-refractivity contribution < 1.29 is 4.79 Å². The van der Waals surface area contributed by atoms with Crippen LogP contribution in [0, 0.1) is 0 Å². The first kappa shape index (κ1) is 14.2. The van der Waals surface area contributed by atoms with Crippen LogP contribution in [-0.4, -0.2) is 41.5 Å². The third-order valence-electron chi connectivity index (χ3n) is 3.72. The van der Waals surface area contributed by atoms with Gasteiger partial charge >= 0.3 is 0 Å². The number of thiazole rings is 1. The number of carbonyl (C=O) groups excluding carboxylic acids is 1. The lowest BCUT2D eigenvalue weighted by Gasteiger charge is -2.33. The van der Waals surface area contributed by atoms with Crippen LogP contribution in [0.4, 0.5) is 0 Å². The number of piperazine rings is 1. The van der Waals surface area contributed by atoms with E-state index < -0.39 is 0 Å². The van der Waals surface area contributed by atoms with Crippen LogP contribution in [0.15, 0.2) is 36.5 Å². The molecule has 1 atom stereocenters. The number of hydrogen-bond acceptors (Lipinski definition) is 4. The van der Waals surface area contributed by atoms with Crippen LogP contribution in [0.5, 0.6) is 0 Å². The minimum absolute atomic E-state index is 0.112. The number of nitrogens with one attached hydrogen (secondary N) is 1. The molecule has 0 spiro atoms. The fourth-order valence-electron chi connectivity index (χ4n) is 2.55. The monoisotopic (exact) mass is 301 g/mol. The lowest BCUT2D eigenvalue weighted by molar-refractivity contribution is 0.0660. The van der Waals surface area contributed by atoms with Gasteiger partial charge in [-0.15, -0.1) is 11.3 Å². The fourth-order valence-corrected chi connectivity index (χ4v) is 3.45. The topological polar surface area (TPSA) is 45.2 Å². The maximum atomic E-state index is 12.5. The van der Waals surface area contributed by atoms with Crippen LogP contribution in [0.2, 0.25) is 0 Å². The molecule has 0 unspecified atom stereocenters. The van der Waals surface area contributed by atoms with Crippen molar-refractivity contribution in [1.82, 2.24) is 15.2 Å². The van der Waals surface area contributed by atoms with Gasteiger partial charge in [0.1, 0.15) is 4.88 Å². The van der Waals surface area contributed by atoms with E-state index in [-0.39, 0.29) is 11.9 Å². The number of aromatic nitrogens is 1. The molecule has 2 heterocycles. The molecule has 1 aromatic carbocycles. The van der Waals surface area contributed by atoms with E-state index in [0.717, 1.165) is 35.9 Å². The average molecular weight is 301 g/mol. The third-order valence-corrected chi connectivity index (χ3v) is 4.71. The summed E-state index contributed by atoms with van der Waals surface area (Å²) in [6.45, 7) is 4.58. The predicted molar refractivity (Wildman–Crippen MR) is 84.7 cm³/mol. The summed E-state index contributed by atoms with van der Waals surface area (Å²) >= 11 is 1.51. The van der Waals surface area contributed by atoms with Crippen LogP contribution in [0.3, 0.4) is 0 Å². The quantitative estimate of drug-likeness (QED) is 0.945. The number of carbonyl (C=O) groups is 1. The number of hydrogen-bond donors (Lipinski definition) is 1. The molecule has 2 aromatic rings. The summed E-state index contributed by atoms with van der Waals surface area (Å²) in [7, 11) is 0. The van der Waals surface area contributed by atoms with Crippen molar-refractivity contribution in [3.63, 3.8) is 0 Å². The smallest absolute Gasteiger partial charge is 0.265 e. The second-order valence-electron chi connectivity index (χ2n) is 5.33. The molecule has 0 saturated carbocycles.